The number of para-hydroxylation sites is 2. The summed E-state index contributed by atoms with van der Waals surface area (Å²) < 4.78 is 19.7. The van der Waals surface area contributed by atoms with Crippen molar-refractivity contribution in [3.05, 3.63) is 116 Å². The number of aromatic nitrogens is 2. The highest BCUT2D eigenvalue weighted by molar-refractivity contribution is 9.10. The molecular formula is C33H24BrClN4O5. The molecule has 0 bridgehead atoms. The minimum atomic E-state index is -0.371. The van der Waals surface area contributed by atoms with Gasteiger partial charge in [-0.2, -0.15) is 9.78 Å². The number of ether oxygens (including phenoxy) is 2. The van der Waals surface area contributed by atoms with Gasteiger partial charge in [0.1, 0.15) is 5.58 Å². The van der Waals surface area contributed by atoms with Crippen molar-refractivity contribution < 1.29 is 18.7 Å². The molecule has 11 heteroatoms. The van der Waals surface area contributed by atoms with Gasteiger partial charge in [0.2, 0.25) is 5.82 Å². The fourth-order valence-corrected chi connectivity index (χ4v) is 5.21. The van der Waals surface area contributed by atoms with Gasteiger partial charge in [-0.25, -0.2) is 4.98 Å². The lowest BCUT2D eigenvalue weighted by molar-refractivity contribution is -0.118. The molecule has 0 radical (unpaired) electrons. The van der Waals surface area contributed by atoms with E-state index in [4.69, 9.17) is 30.5 Å². The van der Waals surface area contributed by atoms with Gasteiger partial charge in [-0.15, -0.1) is 0 Å². The molecule has 4 aromatic carbocycles. The molecule has 0 saturated carbocycles. The number of anilines is 1. The van der Waals surface area contributed by atoms with Crippen molar-refractivity contribution in [3.8, 4) is 23.1 Å². The topological polar surface area (TPSA) is 108 Å². The van der Waals surface area contributed by atoms with Crippen molar-refractivity contribution in [1.82, 2.24) is 9.66 Å². The van der Waals surface area contributed by atoms with Gasteiger partial charge in [-0.05, 0) is 73.2 Å². The molecule has 0 fully saturated rings. The van der Waals surface area contributed by atoms with E-state index in [0.717, 1.165) is 9.86 Å². The van der Waals surface area contributed by atoms with Gasteiger partial charge in [-0.1, -0.05) is 57.9 Å². The number of hydrogen-bond acceptors (Lipinski definition) is 7. The van der Waals surface area contributed by atoms with E-state index in [2.05, 4.69) is 26.3 Å². The van der Waals surface area contributed by atoms with Crippen LogP contribution in [0.3, 0.4) is 0 Å². The van der Waals surface area contributed by atoms with Crippen LogP contribution in [0, 0.1) is 0 Å². The second-order valence-corrected chi connectivity index (χ2v) is 10.9. The van der Waals surface area contributed by atoms with Crippen LogP contribution in [0.15, 0.2) is 110 Å². The van der Waals surface area contributed by atoms with Crippen LogP contribution >= 0.6 is 27.5 Å². The maximum Gasteiger partial charge on any atom is 0.282 e. The Balaban J connectivity index is 1.34. The molecule has 0 aliphatic heterocycles. The average molecular weight is 672 g/mol. The van der Waals surface area contributed by atoms with Gasteiger partial charge in [0.05, 0.1) is 28.7 Å². The van der Waals surface area contributed by atoms with Gasteiger partial charge in [-0.3, -0.25) is 9.59 Å². The van der Waals surface area contributed by atoms with Crippen molar-refractivity contribution in [2.24, 2.45) is 5.10 Å². The summed E-state index contributed by atoms with van der Waals surface area (Å²) in [6, 6.07) is 26.8. The summed E-state index contributed by atoms with van der Waals surface area (Å²) in [6.45, 7) is 1.86. The molecule has 0 aliphatic rings. The number of nitrogens with one attached hydrogen (secondary N) is 1. The van der Waals surface area contributed by atoms with E-state index in [1.165, 1.54) is 10.9 Å². The van der Waals surface area contributed by atoms with Crippen LogP contribution in [0.25, 0.3) is 33.5 Å². The summed E-state index contributed by atoms with van der Waals surface area (Å²) >= 11 is 10.1. The molecule has 0 aliphatic carbocycles. The summed E-state index contributed by atoms with van der Waals surface area (Å²) in [4.78, 5) is 30.8. The first-order valence-electron chi connectivity index (χ1n) is 13.6. The van der Waals surface area contributed by atoms with Crippen LogP contribution in [0.5, 0.6) is 11.5 Å². The third kappa shape index (κ3) is 6.22. The maximum absolute atomic E-state index is 13.6. The van der Waals surface area contributed by atoms with E-state index in [1.54, 1.807) is 42.5 Å². The normalized spacial score (nSPS) is 11.3. The van der Waals surface area contributed by atoms with Crippen molar-refractivity contribution in [1.29, 1.82) is 0 Å². The van der Waals surface area contributed by atoms with Crippen LogP contribution in [0.1, 0.15) is 12.5 Å². The first-order chi connectivity index (χ1) is 21.4. The summed E-state index contributed by atoms with van der Waals surface area (Å²) in [5, 5.41) is 8.72. The highest BCUT2D eigenvalue weighted by atomic mass is 79.9. The smallest absolute Gasteiger partial charge is 0.282 e. The zero-order valence-electron chi connectivity index (χ0n) is 23.3. The van der Waals surface area contributed by atoms with Gasteiger partial charge >= 0.3 is 0 Å². The fourth-order valence-electron chi connectivity index (χ4n) is 4.56. The summed E-state index contributed by atoms with van der Waals surface area (Å²) in [6.07, 6.45) is 1.47. The number of nitrogens with zero attached hydrogens (tertiary/aromatic N) is 3. The highest BCUT2D eigenvalue weighted by Gasteiger charge is 2.18. The third-order valence-corrected chi connectivity index (χ3v) is 7.29. The number of hydrogen-bond donors (Lipinski definition) is 1. The zero-order chi connectivity index (χ0) is 30.6. The lowest BCUT2D eigenvalue weighted by Crippen LogP contribution is -2.20. The number of carbonyl (C=O) groups excluding carboxylic acids is 1. The number of fused-ring (bicyclic) bond motifs is 2. The summed E-state index contributed by atoms with van der Waals surface area (Å²) in [5.41, 5.74) is 1.96. The molecule has 1 N–H and O–H groups in total. The standard InChI is InChI=1S/C33H24BrClN4O5/c1-2-42-28-15-20(14-25(35)31(28)43-19-30(40)37-23-8-4-3-5-9-23)18-36-39-32(38-26-11-7-6-10-24(26)33(39)41)29-17-21-16-22(34)12-13-27(21)44-29/h3-18H,2,19H2,1H3,(H,37,40). The lowest BCUT2D eigenvalue weighted by atomic mass is 10.2. The van der Waals surface area contributed by atoms with Gasteiger partial charge < -0.3 is 19.2 Å². The lowest BCUT2D eigenvalue weighted by Gasteiger charge is -2.14. The number of furan rings is 1. The first-order valence-corrected chi connectivity index (χ1v) is 14.8. The largest absolute Gasteiger partial charge is 0.490 e. The van der Waals surface area contributed by atoms with Gasteiger partial charge in [0.15, 0.2) is 23.9 Å². The van der Waals surface area contributed by atoms with Crippen molar-refractivity contribution in [2.75, 3.05) is 18.5 Å². The Morgan fingerprint density at radius 2 is 1.84 bits per heavy atom. The first kappa shape index (κ1) is 29.2. The van der Waals surface area contributed by atoms with E-state index in [0.29, 0.717) is 45.9 Å². The van der Waals surface area contributed by atoms with Crippen LogP contribution < -0.4 is 20.3 Å². The predicted octanol–water partition coefficient (Wildman–Crippen LogP) is 7.52. The Kier molecular flexibility index (Phi) is 8.44. The number of benzene rings is 4. The maximum atomic E-state index is 13.6. The Hall–Kier alpha value is -4.93. The quantitative estimate of drug-likeness (QED) is 0.159. The minimum absolute atomic E-state index is 0.206. The van der Waals surface area contributed by atoms with E-state index in [-0.39, 0.29) is 34.7 Å². The molecule has 2 aromatic heterocycles. The fraction of sp³-hybridized carbons (Fsp3) is 0.0909. The molecule has 0 unspecified atom stereocenters. The summed E-state index contributed by atoms with van der Waals surface area (Å²) in [5.74, 6) is 0.795. The number of carbonyl (C=O) groups is 1. The van der Waals surface area contributed by atoms with Crippen LogP contribution in [-0.4, -0.2) is 35.0 Å². The van der Waals surface area contributed by atoms with Crippen LogP contribution in [-0.2, 0) is 4.79 Å². The average Bonchev–Trinajstić information content (AvgIpc) is 3.44. The second-order valence-electron chi connectivity index (χ2n) is 9.57. The van der Waals surface area contributed by atoms with Crippen molar-refractivity contribution >= 4 is 67.2 Å². The Bertz CT molecular complexity index is 2090. The minimum Gasteiger partial charge on any atom is -0.490 e. The molecular weight excluding hydrogens is 648 g/mol. The molecule has 0 atom stereocenters. The van der Waals surface area contributed by atoms with E-state index < -0.39 is 0 Å². The zero-order valence-corrected chi connectivity index (χ0v) is 25.6. The molecule has 6 rings (SSSR count). The Morgan fingerprint density at radius 1 is 1.05 bits per heavy atom. The van der Waals surface area contributed by atoms with Crippen LogP contribution in [0.2, 0.25) is 5.02 Å². The molecule has 0 saturated heterocycles. The predicted molar refractivity (Wildman–Crippen MR) is 175 cm³/mol. The third-order valence-electron chi connectivity index (χ3n) is 6.51. The number of amides is 1. The number of halogens is 2. The molecule has 6 aromatic rings. The van der Waals surface area contributed by atoms with E-state index >= 15 is 0 Å². The molecule has 9 nitrogen and oxygen atoms in total. The SMILES string of the molecule is CCOc1cc(C=Nn2c(-c3cc4cc(Br)ccc4o3)nc3ccccc3c2=O)cc(Cl)c1OCC(=O)Nc1ccccc1. The van der Waals surface area contributed by atoms with Gasteiger partial charge in [0.25, 0.3) is 11.5 Å². The second kappa shape index (κ2) is 12.7. The monoisotopic (exact) mass is 670 g/mol. The summed E-state index contributed by atoms with van der Waals surface area (Å²) in [7, 11) is 0. The molecule has 220 valence electrons. The van der Waals surface area contributed by atoms with E-state index in [9.17, 15) is 9.59 Å². The number of rotatable bonds is 9. The molecule has 0 spiro atoms. The molecule has 2 heterocycles. The van der Waals surface area contributed by atoms with Crippen LogP contribution in [0.4, 0.5) is 5.69 Å². The highest BCUT2D eigenvalue weighted by Crippen LogP contribution is 2.36. The van der Waals surface area contributed by atoms with Gasteiger partial charge in [0, 0.05) is 15.5 Å². The van der Waals surface area contributed by atoms with Crippen molar-refractivity contribution in [2.45, 2.75) is 6.92 Å². The Morgan fingerprint density at radius 3 is 2.66 bits per heavy atom. The Labute approximate surface area is 264 Å². The van der Waals surface area contributed by atoms with E-state index in [1.807, 2.05) is 55.5 Å². The molecule has 44 heavy (non-hydrogen) atoms. The molecule has 1 amide bonds. The van der Waals surface area contributed by atoms with Crippen molar-refractivity contribution in [3.63, 3.8) is 0 Å².